The topological polar surface area (TPSA) is 84.2 Å². The lowest BCUT2D eigenvalue weighted by atomic mass is 10.1. The molecule has 4 N–H and O–H groups in total. The summed E-state index contributed by atoms with van der Waals surface area (Å²) in [6.45, 7) is 0.411. The second-order valence-electron chi connectivity index (χ2n) is 3.26. The summed E-state index contributed by atoms with van der Waals surface area (Å²) in [5.74, 6) is 5.22. The van der Waals surface area contributed by atoms with Crippen LogP contribution in [-0.2, 0) is 16.4 Å². The van der Waals surface area contributed by atoms with E-state index >= 15 is 0 Å². The number of nitrogen functional groups attached to an aromatic ring is 1. The molecule has 92 valence electrons. The van der Waals surface area contributed by atoms with Crippen molar-refractivity contribution in [3.8, 4) is 0 Å². The number of nitrogens with two attached hydrogens (primary N) is 1. The van der Waals surface area contributed by atoms with E-state index in [0.717, 1.165) is 17.5 Å². The zero-order chi connectivity index (χ0) is 11.3. The summed E-state index contributed by atoms with van der Waals surface area (Å²) in [6, 6.07) is 7.49. The van der Waals surface area contributed by atoms with Crippen LogP contribution in [0.2, 0.25) is 0 Å². The van der Waals surface area contributed by atoms with Crippen LogP contribution < -0.4 is 16.0 Å². The molecule has 0 unspecified atom stereocenters. The van der Waals surface area contributed by atoms with Crippen molar-refractivity contribution < 1.29 is 8.42 Å². The lowest BCUT2D eigenvalue weighted by molar-refractivity contribution is 0.588. The highest BCUT2D eigenvalue weighted by Crippen LogP contribution is 2.07. The van der Waals surface area contributed by atoms with Gasteiger partial charge in [-0.3, -0.25) is 5.84 Å². The molecule has 0 bridgehead atoms. The second-order valence-corrected chi connectivity index (χ2v) is 5.09. The minimum absolute atomic E-state index is 0. The van der Waals surface area contributed by atoms with E-state index in [0.29, 0.717) is 13.0 Å². The number of anilines is 1. The Morgan fingerprint density at radius 1 is 1.25 bits per heavy atom. The van der Waals surface area contributed by atoms with Crippen molar-refractivity contribution in [3.05, 3.63) is 29.8 Å². The van der Waals surface area contributed by atoms with Crippen LogP contribution in [0.5, 0.6) is 0 Å². The fraction of sp³-hybridized carbons (Fsp3) is 0.333. The number of nitrogens with one attached hydrogen (secondary N) is 2. The second kappa shape index (κ2) is 6.70. The minimum Gasteiger partial charge on any atom is -0.324 e. The van der Waals surface area contributed by atoms with Gasteiger partial charge in [-0.15, -0.1) is 12.4 Å². The first-order chi connectivity index (χ1) is 7.01. The van der Waals surface area contributed by atoms with Crippen molar-refractivity contribution in [2.24, 2.45) is 5.84 Å². The number of rotatable bonds is 5. The van der Waals surface area contributed by atoms with Crippen LogP contribution in [0.3, 0.4) is 0 Å². The van der Waals surface area contributed by atoms with Gasteiger partial charge >= 0.3 is 0 Å². The van der Waals surface area contributed by atoms with Gasteiger partial charge in [0.2, 0.25) is 10.0 Å². The Labute approximate surface area is 102 Å². The number of benzene rings is 1. The van der Waals surface area contributed by atoms with Crippen molar-refractivity contribution in [1.82, 2.24) is 4.72 Å². The van der Waals surface area contributed by atoms with Gasteiger partial charge in [-0.05, 0) is 24.1 Å². The molecule has 5 nitrogen and oxygen atoms in total. The van der Waals surface area contributed by atoms with E-state index in [4.69, 9.17) is 5.84 Å². The third-order valence-corrected chi connectivity index (χ3v) is 2.63. The molecule has 7 heteroatoms. The molecule has 0 spiro atoms. The normalized spacial score (nSPS) is 10.6. The van der Waals surface area contributed by atoms with Crippen LogP contribution in [-0.4, -0.2) is 21.2 Å². The number of hydrogen-bond donors (Lipinski definition) is 3. The first kappa shape index (κ1) is 15.2. The molecule has 0 radical (unpaired) electrons. The number of halogens is 1. The number of hydrazine groups is 1. The van der Waals surface area contributed by atoms with Crippen LogP contribution in [0, 0.1) is 0 Å². The molecule has 0 aliphatic heterocycles. The van der Waals surface area contributed by atoms with Gasteiger partial charge in [0, 0.05) is 12.2 Å². The van der Waals surface area contributed by atoms with Gasteiger partial charge < -0.3 is 5.43 Å². The quantitative estimate of drug-likeness (QED) is 0.534. The van der Waals surface area contributed by atoms with Crippen LogP contribution in [0.15, 0.2) is 24.3 Å². The van der Waals surface area contributed by atoms with Crippen LogP contribution in [0.25, 0.3) is 0 Å². The smallest absolute Gasteiger partial charge is 0.208 e. The first-order valence-electron chi connectivity index (χ1n) is 4.51. The molecule has 0 saturated heterocycles. The van der Waals surface area contributed by atoms with E-state index in [2.05, 4.69) is 10.1 Å². The van der Waals surface area contributed by atoms with E-state index in [1.165, 1.54) is 0 Å². The van der Waals surface area contributed by atoms with Gasteiger partial charge in [-0.25, -0.2) is 13.1 Å². The van der Waals surface area contributed by atoms with Gasteiger partial charge in [0.25, 0.3) is 0 Å². The molecule has 0 aliphatic carbocycles. The average molecular weight is 266 g/mol. The molecule has 0 amide bonds. The van der Waals surface area contributed by atoms with Crippen LogP contribution in [0.4, 0.5) is 5.69 Å². The molecule has 0 aliphatic rings. The Balaban J connectivity index is 0.00000225. The fourth-order valence-electron chi connectivity index (χ4n) is 1.15. The van der Waals surface area contributed by atoms with Crippen LogP contribution >= 0.6 is 12.4 Å². The van der Waals surface area contributed by atoms with E-state index in [1.807, 2.05) is 24.3 Å². The third kappa shape index (κ3) is 5.92. The van der Waals surface area contributed by atoms with Crippen molar-refractivity contribution in [1.29, 1.82) is 0 Å². The van der Waals surface area contributed by atoms with Crippen molar-refractivity contribution in [3.63, 3.8) is 0 Å². The standard InChI is InChI=1S/C9H15N3O2S.ClH/c1-15(13,14)11-7-6-8-2-4-9(12-10)5-3-8;/h2-5,11-12H,6-7,10H2,1H3;1H. The molecule has 0 aromatic heterocycles. The summed E-state index contributed by atoms with van der Waals surface area (Å²) in [5.41, 5.74) is 4.41. The Kier molecular flexibility index (Phi) is 6.35. The predicted molar refractivity (Wildman–Crippen MR) is 68.1 cm³/mol. The Bertz CT molecular complexity index is 405. The number of sulfonamides is 1. The maximum Gasteiger partial charge on any atom is 0.208 e. The predicted octanol–water partition coefficient (Wildman–Crippen LogP) is 0.486. The summed E-state index contributed by atoms with van der Waals surface area (Å²) in [6.07, 6.45) is 1.81. The van der Waals surface area contributed by atoms with Crippen molar-refractivity contribution >= 4 is 28.1 Å². The molecule has 1 aromatic rings. The summed E-state index contributed by atoms with van der Waals surface area (Å²) in [4.78, 5) is 0. The molecule has 0 saturated carbocycles. The Hall–Kier alpha value is -0.820. The van der Waals surface area contributed by atoms with Gasteiger partial charge in [-0.2, -0.15) is 0 Å². The van der Waals surface area contributed by atoms with E-state index in [1.54, 1.807) is 0 Å². The van der Waals surface area contributed by atoms with Gasteiger partial charge in [-0.1, -0.05) is 12.1 Å². The zero-order valence-corrected chi connectivity index (χ0v) is 10.6. The molecule has 16 heavy (non-hydrogen) atoms. The van der Waals surface area contributed by atoms with Crippen LogP contribution in [0.1, 0.15) is 5.56 Å². The molecule has 0 heterocycles. The van der Waals surface area contributed by atoms with Crippen molar-refractivity contribution in [2.45, 2.75) is 6.42 Å². The summed E-state index contributed by atoms with van der Waals surface area (Å²) in [7, 11) is -3.09. The summed E-state index contributed by atoms with van der Waals surface area (Å²) < 4.78 is 24.0. The fourth-order valence-corrected chi connectivity index (χ4v) is 1.62. The van der Waals surface area contributed by atoms with Crippen molar-refractivity contribution in [2.75, 3.05) is 18.2 Å². The number of hydrogen-bond acceptors (Lipinski definition) is 4. The largest absolute Gasteiger partial charge is 0.324 e. The molecule has 0 atom stereocenters. The Morgan fingerprint density at radius 3 is 2.25 bits per heavy atom. The van der Waals surface area contributed by atoms with E-state index in [-0.39, 0.29) is 12.4 Å². The van der Waals surface area contributed by atoms with Gasteiger partial charge in [0.15, 0.2) is 0 Å². The molecular weight excluding hydrogens is 250 g/mol. The first-order valence-corrected chi connectivity index (χ1v) is 6.40. The maximum atomic E-state index is 10.8. The minimum atomic E-state index is -3.09. The SMILES string of the molecule is CS(=O)(=O)NCCc1ccc(NN)cc1.Cl. The highest BCUT2D eigenvalue weighted by Gasteiger charge is 1.99. The summed E-state index contributed by atoms with van der Waals surface area (Å²) in [5, 5.41) is 0. The third-order valence-electron chi connectivity index (χ3n) is 1.90. The maximum absolute atomic E-state index is 10.8. The molecule has 1 aromatic carbocycles. The molecular formula is C9H16ClN3O2S. The monoisotopic (exact) mass is 265 g/mol. The molecule has 0 fully saturated rings. The molecule has 1 rings (SSSR count). The Morgan fingerprint density at radius 2 is 1.81 bits per heavy atom. The van der Waals surface area contributed by atoms with E-state index < -0.39 is 10.0 Å². The van der Waals surface area contributed by atoms with Gasteiger partial charge in [0.1, 0.15) is 0 Å². The average Bonchev–Trinajstić information content (AvgIpc) is 2.17. The van der Waals surface area contributed by atoms with Gasteiger partial charge in [0.05, 0.1) is 6.26 Å². The lowest BCUT2D eigenvalue weighted by Crippen LogP contribution is -2.24. The zero-order valence-electron chi connectivity index (χ0n) is 8.93. The van der Waals surface area contributed by atoms with E-state index in [9.17, 15) is 8.42 Å². The lowest BCUT2D eigenvalue weighted by Gasteiger charge is -2.04. The highest BCUT2D eigenvalue weighted by molar-refractivity contribution is 7.88. The highest BCUT2D eigenvalue weighted by atomic mass is 35.5. The summed E-state index contributed by atoms with van der Waals surface area (Å²) >= 11 is 0.